The molecular weight excluding hydrogens is 511 g/mol. The molecule has 1 aromatic carbocycles. The minimum atomic E-state index is -4.46. The Morgan fingerprint density at radius 2 is 2.00 bits per heavy atom. The molecule has 0 bridgehead atoms. The molecule has 0 N–H and O–H groups in total. The molecule has 10 heteroatoms. The number of alkyl halides is 3. The van der Waals surface area contributed by atoms with Crippen molar-refractivity contribution in [2.75, 3.05) is 26.2 Å². The topological polar surface area (TPSA) is 72.0 Å². The highest BCUT2D eigenvalue weighted by Gasteiger charge is 2.58. The van der Waals surface area contributed by atoms with Crippen molar-refractivity contribution in [2.45, 2.75) is 69.3 Å². The normalized spacial score (nSPS) is 27.7. The molecular formula is C29H32F3N3O4. The number of amides is 1. The van der Waals surface area contributed by atoms with Gasteiger partial charge in [-0.15, -0.1) is 0 Å². The highest BCUT2D eigenvalue weighted by molar-refractivity contribution is 5.84. The Balaban J connectivity index is 1.12. The van der Waals surface area contributed by atoms with Crippen LogP contribution in [0.5, 0.6) is 5.75 Å². The number of benzene rings is 1. The molecule has 208 valence electrons. The van der Waals surface area contributed by atoms with E-state index in [9.17, 15) is 22.8 Å². The van der Waals surface area contributed by atoms with E-state index in [1.54, 1.807) is 11.0 Å². The zero-order valence-electron chi connectivity index (χ0n) is 21.7. The molecule has 6 rings (SSSR count). The van der Waals surface area contributed by atoms with Crippen LogP contribution in [0.15, 0.2) is 36.5 Å². The Morgan fingerprint density at radius 1 is 1.18 bits per heavy atom. The highest BCUT2D eigenvalue weighted by Crippen LogP contribution is 2.51. The van der Waals surface area contributed by atoms with Crippen molar-refractivity contribution < 1.29 is 32.2 Å². The van der Waals surface area contributed by atoms with Crippen LogP contribution >= 0.6 is 0 Å². The molecule has 1 aliphatic carbocycles. The summed E-state index contributed by atoms with van der Waals surface area (Å²) in [6.07, 6.45) is 0.832. The summed E-state index contributed by atoms with van der Waals surface area (Å²) in [6, 6.07) is 9.06. The van der Waals surface area contributed by atoms with Crippen molar-refractivity contribution in [1.82, 2.24) is 14.8 Å². The smallest absolute Gasteiger partial charge is 0.417 e. The minimum absolute atomic E-state index is 0.0115. The van der Waals surface area contributed by atoms with Gasteiger partial charge in [0.05, 0.1) is 17.1 Å². The summed E-state index contributed by atoms with van der Waals surface area (Å²) < 4.78 is 50.9. The van der Waals surface area contributed by atoms with Crippen molar-refractivity contribution in [3.63, 3.8) is 0 Å². The van der Waals surface area contributed by atoms with Crippen LogP contribution in [0.3, 0.4) is 0 Å². The monoisotopic (exact) mass is 543 g/mol. The van der Waals surface area contributed by atoms with Crippen LogP contribution in [0.4, 0.5) is 13.2 Å². The highest BCUT2D eigenvalue weighted by atomic mass is 19.4. The lowest BCUT2D eigenvalue weighted by Gasteiger charge is -2.38. The quantitative estimate of drug-likeness (QED) is 0.523. The standard InChI is InChI=1S/C29H32F3N3O4/c30-29(31,32)22-12-21-17-35(10-6-25(21)33-16-22)27(37)28-7-11-38-26(28)14-23(15-28)34-8-4-19(5-9-34)20-2-1-3-24(13-20)39-18-36/h1-3,12-13,16,18-19,23,26H,4-11,14-15,17H2/t23-,26-,28-/m1/s1. The summed E-state index contributed by atoms with van der Waals surface area (Å²) in [6.45, 7) is 3.41. The van der Waals surface area contributed by atoms with Crippen LogP contribution < -0.4 is 4.74 Å². The zero-order chi connectivity index (χ0) is 27.2. The van der Waals surface area contributed by atoms with Gasteiger partial charge in [0.1, 0.15) is 5.75 Å². The molecule has 1 amide bonds. The van der Waals surface area contributed by atoms with E-state index in [4.69, 9.17) is 9.47 Å². The Kier molecular flexibility index (Phi) is 6.87. The second kappa shape index (κ2) is 10.2. The van der Waals surface area contributed by atoms with Gasteiger partial charge in [0.25, 0.3) is 6.47 Å². The molecule has 4 heterocycles. The summed E-state index contributed by atoms with van der Waals surface area (Å²) in [7, 11) is 0. The zero-order valence-corrected chi connectivity index (χ0v) is 21.7. The van der Waals surface area contributed by atoms with Crippen LogP contribution in [0, 0.1) is 5.41 Å². The fourth-order valence-electron chi connectivity index (χ4n) is 7.16. The fourth-order valence-corrected chi connectivity index (χ4v) is 7.16. The number of fused-ring (bicyclic) bond motifs is 2. The Morgan fingerprint density at radius 3 is 2.77 bits per heavy atom. The van der Waals surface area contributed by atoms with Crippen molar-refractivity contribution in [2.24, 2.45) is 5.41 Å². The number of piperidine rings is 1. The van der Waals surface area contributed by atoms with Crippen LogP contribution in [0.25, 0.3) is 0 Å². The van der Waals surface area contributed by atoms with Gasteiger partial charge in [-0.3, -0.25) is 14.6 Å². The second-order valence-corrected chi connectivity index (χ2v) is 11.3. The molecule has 3 fully saturated rings. The molecule has 3 aliphatic heterocycles. The van der Waals surface area contributed by atoms with Crippen molar-refractivity contribution >= 4 is 12.4 Å². The van der Waals surface area contributed by atoms with Gasteiger partial charge in [0, 0.05) is 44.0 Å². The van der Waals surface area contributed by atoms with Crippen LogP contribution in [-0.2, 0) is 33.5 Å². The molecule has 2 saturated heterocycles. The van der Waals surface area contributed by atoms with E-state index in [1.165, 1.54) is 5.56 Å². The van der Waals surface area contributed by atoms with Gasteiger partial charge in [-0.05, 0) is 80.4 Å². The molecule has 0 radical (unpaired) electrons. The molecule has 1 aromatic heterocycles. The van der Waals surface area contributed by atoms with Crippen molar-refractivity contribution in [3.8, 4) is 5.75 Å². The lowest BCUT2D eigenvalue weighted by molar-refractivity contribution is -0.145. The fraction of sp³-hybridized carbons (Fsp3) is 0.552. The maximum Gasteiger partial charge on any atom is 0.417 e. The molecule has 2 aromatic rings. The Labute approximate surface area is 225 Å². The lowest BCUT2D eigenvalue weighted by atomic mass is 9.80. The number of ether oxygens (including phenoxy) is 2. The third-order valence-electron chi connectivity index (χ3n) is 9.21. The first-order valence-corrected chi connectivity index (χ1v) is 13.7. The lowest BCUT2D eigenvalue weighted by Crippen LogP contribution is -2.48. The maximum absolute atomic E-state index is 14.0. The summed E-state index contributed by atoms with van der Waals surface area (Å²) in [5.41, 5.74) is 0.896. The predicted octanol–water partition coefficient (Wildman–Crippen LogP) is 4.34. The SMILES string of the molecule is O=COc1cccc(C2CCN([C@@H]3C[C@H]4OCC[C@@]4(C(=O)N4CCc5ncc(C(F)(F)F)cc5C4)C3)CC2)c1. The van der Waals surface area contributed by atoms with Gasteiger partial charge in [0.2, 0.25) is 5.91 Å². The van der Waals surface area contributed by atoms with E-state index in [-0.39, 0.29) is 24.6 Å². The van der Waals surface area contributed by atoms with E-state index < -0.39 is 17.2 Å². The third kappa shape index (κ3) is 4.93. The predicted molar refractivity (Wildman–Crippen MR) is 135 cm³/mol. The van der Waals surface area contributed by atoms with E-state index >= 15 is 0 Å². The largest absolute Gasteiger partial charge is 0.429 e. The van der Waals surface area contributed by atoms with E-state index in [2.05, 4.69) is 16.0 Å². The number of aromatic nitrogens is 1. The summed E-state index contributed by atoms with van der Waals surface area (Å²) in [5, 5.41) is 0. The third-order valence-corrected chi connectivity index (χ3v) is 9.21. The molecule has 1 saturated carbocycles. The van der Waals surface area contributed by atoms with Gasteiger partial charge >= 0.3 is 6.18 Å². The maximum atomic E-state index is 14.0. The van der Waals surface area contributed by atoms with Gasteiger partial charge in [-0.25, -0.2) is 0 Å². The number of halogens is 3. The van der Waals surface area contributed by atoms with E-state index in [0.29, 0.717) is 61.8 Å². The molecule has 3 atom stereocenters. The first kappa shape index (κ1) is 26.3. The van der Waals surface area contributed by atoms with Gasteiger partial charge < -0.3 is 19.3 Å². The van der Waals surface area contributed by atoms with Gasteiger partial charge in [-0.1, -0.05) is 12.1 Å². The summed E-state index contributed by atoms with van der Waals surface area (Å²) >= 11 is 0. The van der Waals surface area contributed by atoms with E-state index in [0.717, 1.165) is 44.6 Å². The summed E-state index contributed by atoms with van der Waals surface area (Å²) in [5.74, 6) is 0.946. The number of carbonyl (C=O) groups is 2. The first-order valence-electron chi connectivity index (χ1n) is 13.7. The van der Waals surface area contributed by atoms with Gasteiger partial charge in [0.15, 0.2) is 0 Å². The number of carbonyl (C=O) groups excluding carboxylic acids is 2. The van der Waals surface area contributed by atoms with Crippen LogP contribution in [0.1, 0.15) is 60.4 Å². The van der Waals surface area contributed by atoms with Crippen LogP contribution in [0.2, 0.25) is 0 Å². The average molecular weight is 544 g/mol. The number of hydrogen-bond donors (Lipinski definition) is 0. The number of nitrogens with zero attached hydrogens (tertiary/aromatic N) is 3. The van der Waals surface area contributed by atoms with Crippen LogP contribution in [-0.4, -0.2) is 65.6 Å². The van der Waals surface area contributed by atoms with Gasteiger partial charge in [-0.2, -0.15) is 13.2 Å². The number of likely N-dealkylation sites (tertiary alicyclic amines) is 1. The first-order chi connectivity index (χ1) is 18.8. The second-order valence-electron chi connectivity index (χ2n) is 11.3. The average Bonchev–Trinajstić information content (AvgIpc) is 3.51. The molecule has 0 spiro atoms. The number of pyridine rings is 1. The molecule has 39 heavy (non-hydrogen) atoms. The summed E-state index contributed by atoms with van der Waals surface area (Å²) in [4.78, 5) is 33.0. The molecule has 7 nitrogen and oxygen atoms in total. The number of rotatable bonds is 5. The Hall–Kier alpha value is -2.98. The number of hydrogen-bond acceptors (Lipinski definition) is 6. The van der Waals surface area contributed by atoms with Crippen molar-refractivity contribution in [3.05, 3.63) is 58.9 Å². The van der Waals surface area contributed by atoms with E-state index in [1.807, 2.05) is 12.1 Å². The minimum Gasteiger partial charge on any atom is -0.429 e. The molecule has 0 unspecified atom stereocenters. The van der Waals surface area contributed by atoms with Crippen molar-refractivity contribution in [1.29, 1.82) is 0 Å². The molecule has 4 aliphatic rings. The Bertz CT molecular complexity index is 1250.